The fourth-order valence-electron chi connectivity index (χ4n) is 3.65. The molecule has 1 atom stereocenters. The van der Waals surface area contributed by atoms with Gasteiger partial charge in [0, 0.05) is 20.0 Å². The molecule has 1 saturated carbocycles. The van der Waals surface area contributed by atoms with Crippen molar-refractivity contribution >= 4 is 0 Å². The number of ether oxygens (including phenoxy) is 1. The second kappa shape index (κ2) is 4.67. The molecular formula is C16H22O2. The van der Waals surface area contributed by atoms with Crippen molar-refractivity contribution in [1.82, 2.24) is 0 Å². The monoisotopic (exact) mass is 246 g/mol. The Bertz CT molecular complexity index is 421. The zero-order valence-corrected chi connectivity index (χ0v) is 11.1. The summed E-state index contributed by atoms with van der Waals surface area (Å²) >= 11 is 0. The molecule has 0 radical (unpaired) electrons. The molecule has 0 amide bonds. The molecule has 0 saturated heterocycles. The molecule has 2 nitrogen and oxygen atoms in total. The van der Waals surface area contributed by atoms with Gasteiger partial charge in [0.15, 0.2) is 0 Å². The van der Waals surface area contributed by atoms with E-state index in [1.807, 2.05) is 0 Å². The third-order valence-corrected chi connectivity index (χ3v) is 4.67. The van der Waals surface area contributed by atoms with Crippen molar-refractivity contribution in [2.45, 2.75) is 56.1 Å². The maximum Gasteiger partial charge on any atom is 0.0703 e. The Balaban J connectivity index is 1.71. The smallest absolute Gasteiger partial charge is 0.0703 e. The summed E-state index contributed by atoms with van der Waals surface area (Å²) in [7, 11) is 1.74. The second-order valence-electron chi connectivity index (χ2n) is 5.98. The van der Waals surface area contributed by atoms with Gasteiger partial charge in [-0.05, 0) is 42.7 Å². The van der Waals surface area contributed by atoms with Crippen molar-refractivity contribution in [2.75, 3.05) is 7.11 Å². The number of aryl methyl sites for hydroxylation is 1. The van der Waals surface area contributed by atoms with Crippen LogP contribution in [0.5, 0.6) is 0 Å². The average Bonchev–Trinajstić information content (AvgIpc) is 2.36. The highest BCUT2D eigenvalue weighted by molar-refractivity contribution is 5.33. The predicted molar refractivity (Wildman–Crippen MR) is 71.7 cm³/mol. The van der Waals surface area contributed by atoms with E-state index in [0.717, 1.165) is 19.3 Å². The quantitative estimate of drug-likeness (QED) is 0.888. The molecule has 2 heteroatoms. The highest BCUT2D eigenvalue weighted by Crippen LogP contribution is 2.44. The standard InChI is InChI=1S/C16H22O2/c1-18-14-10-16(17,11-14)9-13-7-4-6-12-5-2-3-8-15(12)13/h2-3,5,8,13-14,17H,4,6-7,9-11H2,1H3. The molecule has 2 aliphatic carbocycles. The first-order valence-corrected chi connectivity index (χ1v) is 7.03. The molecule has 0 aliphatic heterocycles. The molecular weight excluding hydrogens is 224 g/mol. The number of rotatable bonds is 3. The summed E-state index contributed by atoms with van der Waals surface area (Å²) in [6, 6.07) is 8.74. The van der Waals surface area contributed by atoms with Gasteiger partial charge >= 0.3 is 0 Å². The van der Waals surface area contributed by atoms with Crippen molar-refractivity contribution < 1.29 is 9.84 Å². The molecule has 0 heterocycles. The Morgan fingerprint density at radius 1 is 1.33 bits per heavy atom. The summed E-state index contributed by atoms with van der Waals surface area (Å²) in [5.74, 6) is 0.540. The van der Waals surface area contributed by atoms with Gasteiger partial charge < -0.3 is 9.84 Å². The van der Waals surface area contributed by atoms with E-state index in [0.29, 0.717) is 5.92 Å². The van der Waals surface area contributed by atoms with Crippen molar-refractivity contribution in [3.63, 3.8) is 0 Å². The highest BCUT2D eigenvalue weighted by Gasteiger charge is 2.44. The number of methoxy groups -OCH3 is 1. The maximum absolute atomic E-state index is 10.5. The lowest BCUT2D eigenvalue weighted by Crippen LogP contribution is -2.49. The summed E-state index contributed by atoms with van der Waals surface area (Å²) in [4.78, 5) is 0. The summed E-state index contributed by atoms with van der Waals surface area (Å²) in [5, 5.41) is 10.5. The fraction of sp³-hybridized carbons (Fsp3) is 0.625. The minimum atomic E-state index is -0.476. The lowest BCUT2D eigenvalue weighted by Gasteiger charge is -2.45. The van der Waals surface area contributed by atoms with Crippen LogP contribution < -0.4 is 0 Å². The minimum absolute atomic E-state index is 0.272. The Hall–Kier alpha value is -0.860. The molecule has 3 rings (SSSR count). The summed E-state index contributed by atoms with van der Waals surface area (Å²) in [6.07, 6.45) is 6.47. The number of benzene rings is 1. The normalized spacial score (nSPS) is 34.8. The summed E-state index contributed by atoms with van der Waals surface area (Å²) in [6.45, 7) is 0. The topological polar surface area (TPSA) is 29.5 Å². The van der Waals surface area contributed by atoms with Crippen LogP contribution in [0.25, 0.3) is 0 Å². The van der Waals surface area contributed by atoms with Gasteiger partial charge in [-0.25, -0.2) is 0 Å². The van der Waals surface area contributed by atoms with E-state index in [1.54, 1.807) is 7.11 Å². The highest BCUT2D eigenvalue weighted by atomic mass is 16.5. The van der Waals surface area contributed by atoms with Crippen molar-refractivity contribution in [1.29, 1.82) is 0 Å². The first-order chi connectivity index (χ1) is 8.70. The van der Waals surface area contributed by atoms with E-state index in [-0.39, 0.29) is 6.10 Å². The molecule has 2 aliphatic rings. The second-order valence-corrected chi connectivity index (χ2v) is 5.98. The molecule has 98 valence electrons. The van der Waals surface area contributed by atoms with E-state index < -0.39 is 5.60 Å². The molecule has 1 aromatic carbocycles. The first-order valence-electron chi connectivity index (χ1n) is 7.03. The Morgan fingerprint density at radius 2 is 2.11 bits per heavy atom. The number of aliphatic hydroxyl groups is 1. The zero-order chi connectivity index (χ0) is 12.6. The fourth-order valence-corrected chi connectivity index (χ4v) is 3.65. The van der Waals surface area contributed by atoms with Crippen LogP contribution in [0.4, 0.5) is 0 Å². The van der Waals surface area contributed by atoms with E-state index in [2.05, 4.69) is 24.3 Å². The van der Waals surface area contributed by atoms with Crippen LogP contribution in [-0.4, -0.2) is 23.9 Å². The van der Waals surface area contributed by atoms with Crippen LogP contribution in [0.1, 0.15) is 49.1 Å². The van der Waals surface area contributed by atoms with Gasteiger partial charge in [-0.2, -0.15) is 0 Å². The van der Waals surface area contributed by atoms with Crippen LogP contribution in [0.2, 0.25) is 0 Å². The Kier molecular flexibility index (Phi) is 3.16. The molecule has 1 aromatic rings. The van der Waals surface area contributed by atoms with Crippen LogP contribution in [0.3, 0.4) is 0 Å². The van der Waals surface area contributed by atoms with Gasteiger partial charge in [-0.1, -0.05) is 24.3 Å². The van der Waals surface area contributed by atoms with E-state index >= 15 is 0 Å². The third-order valence-electron chi connectivity index (χ3n) is 4.67. The largest absolute Gasteiger partial charge is 0.390 e. The van der Waals surface area contributed by atoms with E-state index in [9.17, 15) is 5.11 Å². The van der Waals surface area contributed by atoms with E-state index in [1.165, 1.54) is 30.4 Å². The first kappa shape index (κ1) is 12.2. The Morgan fingerprint density at radius 3 is 2.89 bits per heavy atom. The lowest BCUT2D eigenvalue weighted by molar-refractivity contribution is -0.134. The van der Waals surface area contributed by atoms with Crippen molar-refractivity contribution in [3.8, 4) is 0 Å². The van der Waals surface area contributed by atoms with E-state index in [4.69, 9.17) is 4.74 Å². The molecule has 0 spiro atoms. The van der Waals surface area contributed by atoms with Gasteiger partial charge in [0.1, 0.15) is 0 Å². The average molecular weight is 246 g/mol. The number of hydrogen-bond acceptors (Lipinski definition) is 2. The lowest BCUT2D eigenvalue weighted by atomic mass is 9.68. The van der Waals surface area contributed by atoms with Crippen molar-refractivity contribution in [2.24, 2.45) is 0 Å². The molecule has 1 N–H and O–H groups in total. The molecule has 1 unspecified atom stereocenters. The maximum atomic E-state index is 10.5. The van der Waals surface area contributed by atoms with Gasteiger partial charge in [-0.3, -0.25) is 0 Å². The number of hydrogen-bond donors (Lipinski definition) is 1. The van der Waals surface area contributed by atoms with Gasteiger partial charge in [0.2, 0.25) is 0 Å². The third kappa shape index (κ3) is 2.19. The van der Waals surface area contributed by atoms with Gasteiger partial charge in [0.05, 0.1) is 11.7 Å². The van der Waals surface area contributed by atoms with Crippen LogP contribution >= 0.6 is 0 Å². The van der Waals surface area contributed by atoms with Crippen LogP contribution in [-0.2, 0) is 11.2 Å². The summed E-state index contributed by atoms with van der Waals surface area (Å²) < 4.78 is 5.28. The zero-order valence-electron chi connectivity index (χ0n) is 11.1. The van der Waals surface area contributed by atoms with Crippen LogP contribution in [0.15, 0.2) is 24.3 Å². The van der Waals surface area contributed by atoms with Crippen LogP contribution in [0, 0.1) is 0 Å². The molecule has 18 heavy (non-hydrogen) atoms. The minimum Gasteiger partial charge on any atom is -0.390 e. The summed E-state index contributed by atoms with van der Waals surface area (Å²) in [5.41, 5.74) is 2.48. The molecule has 0 bridgehead atoms. The predicted octanol–water partition coefficient (Wildman–Crippen LogP) is 3.04. The number of fused-ring (bicyclic) bond motifs is 1. The van der Waals surface area contributed by atoms with Gasteiger partial charge in [0.25, 0.3) is 0 Å². The molecule has 0 aromatic heterocycles. The Labute approximate surface area is 109 Å². The van der Waals surface area contributed by atoms with Gasteiger partial charge in [-0.15, -0.1) is 0 Å². The van der Waals surface area contributed by atoms with Crippen molar-refractivity contribution in [3.05, 3.63) is 35.4 Å². The SMILES string of the molecule is COC1CC(O)(CC2CCCc3ccccc32)C1. The molecule has 1 fully saturated rings.